The molecule has 0 aliphatic rings. The maximum atomic E-state index is 5.61. The summed E-state index contributed by atoms with van der Waals surface area (Å²) in [6, 6.07) is 16.3. The predicted molar refractivity (Wildman–Crippen MR) is 77.1 cm³/mol. The van der Waals surface area contributed by atoms with Crippen molar-refractivity contribution >= 4 is 31.9 Å². The Kier molecular flexibility index (Phi) is 4.37. The summed E-state index contributed by atoms with van der Waals surface area (Å²) in [7, 11) is 1.73. The average Bonchev–Trinajstić information content (AvgIpc) is 2.37. The van der Waals surface area contributed by atoms with E-state index in [1.807, 2.05) is 30.3 Å². The van der Waals surface area contributed by atoms with Gasteiger partial charge in [0.25, 0.3) is 0 Å². The van der Waals surface area contributed by atoms with Crippen molar-refractivity contribution in [3.63, 3.8) is 0 Å². The first-order valence-corrected chi connectivity index (χ1v) is 6.84. The van der Waals surface area contributed by atoms with Crippen molar-refractivity contribution < 1.29 is 4.74 Å². The van der Waals surface area contributed by atoms with Gasteiger partial charge in [0.15, 0.2) is 0 Å². The van der Waals surface area contributed by atoms with Gasteiger partial charge in [-0.05, 0) is 43.5 Å². The number of rotatable bonds is 3. The number of hydrogen-bond donors (Lipinski definition) is 0. The molecular formula is C14H12Br2O. The third-order valence-corrected chi connectivity index (χ3v) is 4.68. The Bertz CT molecular complexity index is 497. The van der Waals surface area contributed by atoms with Gasteiger partial charge in [0.05, 0.1) is 0 Å². The normalized spacial score (nSPS) is 12.4. The van der Waals surface area contributed by atoms with Crippen molar-refractivity contribution in [2.24, 2.45) is 0 Å². The zero-order chi connectivity index (χ0) is 12.3. The van der Waals surface area contributed by atoms with E-state index >= 15 is 0 Å². The molecule has 0 fully saturated rings. The van der Waals surface area contributed by atoms with E-state index in [4.69, 9.17) is 4.74 Å². The van der Waals surface area contributed by atoms with Crippen molar-refractivity contribution in [3.8, 4) is 0 Å². The molecule has 2 aromatic carbocycles. The fraction of sp³-hybridized carbons (Fsp3) is 0.143. The second kappa shape index (κ2) is 5.80. The number of hydrogen-bond acceptors (Lipinski definition) is 1. The molecule has 0 N–H and O–H groups in total. The molecule has 0 aliphatic heterocycles. The summed E-state index contributed by atoms with van der Waals surface area (Å²) >= 11 is 7.11. The minimum absolute atomic E-state index is 0.0527. The zero-order valence-corrected chi connectivity index (χ0v) is 12.5. The topological polar surface area (TPSA) is 9.23 Å². The molecular weight excluding hydrogens is 344 g/mol. The monoisotopic (exact) mass is 354 g/mol. The molecule has 0 saturated heterocycles. The minimum atomic E-state index is -0.0527. The quantitative estimate of drug-likeness (QED) is 0.757. The lowest BCUT2D eigenvalue weighted by atomic mass is 10.0. The standard InChI is InChI=1S/C14H12Br2O/c1-17-14(10-6-3-2-4-7-10)11-8-5-9-12(15)13(11)16/h2-9,14H,1H3. The van der Waals surface area contributed by atoms with Crippen LogP contribution in [0.3, 0.4) is 0 Å². The molecule has 0 aromatic heterocycles. The predicted octanol–water partition coefficient (Wildman–Crippen LogP) is 4.95. The van der Waals surface area contributed by atoms with Crippen LogP contribution in [0.2, 0.25) is 0 Å². The van der Waals surface area contributed by atoms with E-state index in [0.717, 1.165) is 20.1 Å². The van der Waals surface area contributed by atoms with Gasteiger partial charge in [0.1, 0.15) is 6.10 Å². The summed E-state index contributed by atoms with van der Waals surface area (Å²) in [5.41, 5.74) is 2.27. The number of benzene rings is 2. The number of methoxy groups -OCH3 is 1. The Morgan fingerprint density at radius 2 is 1.65 bits per heavy atom. The Morgan fingerprint density at radius 1 is 0.941 bits per heavy atom. The molecule has 88 valence electrons. The molecule has 3 heteroatoms. The molecule has 1 atom stereocenters. The van der Waals surface area contributed by atoms with E-state index in [1.165, 1.54) is 0 Å². The van der Waals surface area contributed by atoms with Crippen LogP contribution in [0.1, 0.15) is 17.2 Å². The highest BCUT2D eigenvalue weighted by atomic mass is 79.9. The maximum Gasteiger partial charge on any atom is 0.108 e. The molecule has 0 saturated carbocycles. The van der Waals surface area contributed by atoms with Crippen LogP contribution in [0.4, 0.5) is 0 Å². The number of halogens is 2. The number of ether oxygens (including phenoxy) is 1. The zero-order valence-electron chi connectivity index (χ0n) is 9.36. The molecule has 17 heavy (non-hydrogen) atoms. The largest absolute Gasteiger partial charge is 0.372 e. The SMILES string of the molecule is COC(c1ccccc1)c1cccc(Br)c1Br. The molecule has 0 aliphatic carbocycles. The fourth-order valence-corrected chi connectivity index (χ4v) is 2.65. The Hall–Kier alpha value is -0.640. The summed E-state index contributed by atoms with van der Waals surface area (Å²) in [6.45, 7) is 0. The van der Waals surface area contributed by atoms with Gasteiger partial charge in [0.2, 0.25) is 0 Å². The van der Waals surface area contributed by atoms with Crippen LogP contribution in [0.15, 0.2) is 57.5 Å². The van der Waals surface area contributed by atoms with Gasteiger partial charge in [0, 0.05) is 21.6 Å². The molecule has 1 unspecified atom stereocenters. The first kappa shape index (κ1) is 12.8. The van der Waals surface area contributed by atoms with Crippen molar-refractivity contribution in [2.45, 2.75) is 6.10 Å². The van der Waals surface area contributed by atoms with Crippen LogP contribution in [0, 0.1) is 0 Å². The molecule has 2 rings (SSSR count). The van der Waals surface area contributed by atoms with Gasteiger partial charge in [-0.25, -0.2) is 0 Å². The molecule has 0 spiro atoms. The molecule has 0 radical (unpaired) electrons. The third-order valence-electron chi connectivity index (χ3n) is 2.60. The van der Waals surface area contributed by atoms with Crippen molar-refractivity contribution in [3.05, 3.63) is 68.6 Å². The van der Waals surface area contributed by atoms with Gasteiger partial charge in [-0.15, -0.1) is 0 Å². The lowest BCUT2D eigenvalue weighted by Crippen LogP contribution is -2.04. The Balaban J connectivity index is 2.46. The average molecular weight is 356 g/mol. The highest BCUT2D eigenvalue weighted by Crippen LogP contribution is 2.35. The Morgan fingerprint density at radius 3 is 2.29 bits per heavy atom. The molecule has 0 heterocycles. The van der Waals surface area contributed by atoms with Crippen LogP contribution in [-0.4, -0.2) is 7.11 Å². The minimum Gasteiger partial charge on any atom is -0.372 e. The molecule has 2 aromatic rings. The first-order chi connectivity index (χ1) is 8.24. The summed E-state index contributed by atoms with van der Waals surface area (Å²) in [5, 5.41) is 0. The van der Waals surface area contributed by atoms with Gasteiger partial charge in [-0.3, -0.25) is 0 Å². The van der Waals surface area contributed by atoms with Crippen molar-refractivity contribution in [2.75, 3.05) is 7.11 Å². The summed E-state index contributed by atoms with van der Waals surface area (Å²) in [6.07, 6.45) is -0.0527. The highest BCUT2D eigenvalue weighted by Gasteiger charge is 2.16. The highest BCUT2D eigenvalue weighted by molar-refractivity contribution is 9.13. The van der Waals surface area contributed by atoms with Crippen LogP contribution in [-0.2, 0) is 4.74 Å². The summed E-state index contributed by atoms with van der Waals surface area (Å²) in [5.74, 6) is 0. The van der Waals surface area contributed by atoms with Crippen molar-refractivity contribution in [1.82, 2.24) is 0 Å². The second-order valence-electron chi connectivity index (χ2n) is 3.67. The van der Waals surface area contributed by atoms with Crippen LogP contribution < -0.4 is 0 Å². The lowest BCUT2D eigenvalue weighted by Gasteiger charge is -2.18. The Labute approximate surface area is 118 Å². The summed E-state index contributed by atoms with van der Waals surface area (Å²) < 4.78 is 7.68. The van der Waals surface area contributed by atoms with E-state index in [0.29, 0.717) is 0 Å². The first-order valence-electron chi connectivity index (χ1n) is 5.25. The second-order valence-corrected chi connectivity index (χ2v) is 5.32. The van der Waals surface area contributed by atoms with E-state index in [1.54, 1.807) is 7.11 Å². The van der Waals surface area contributed by atoms with Gasteiger partial charge >= 0.3 is 0 Å². The van der Waals surface area contributed by atoms with Gasteiger partial charge < -0.3 is 4.74 Å². The van der Waals surface area contributed by atoms with Crippen LogP contribution >= 0.6 is 31.9 Å². The lowest BCUT2D eigenvalue weighted by molar-refractivity contribution is 0.136. The van der Waals surface area contributed by atoms with Crippen molar-refractivity contribution in [1.29, 1.82) is 0 Å². The van der Waals surface area contributed by atoms with Gasteiger partial charge in [-0.2, -0.15) is 0 Å². The maximum absolute atomic E-state index is 5.61. The molecule has 0 amide bonds. The van der Waals surface area contributed by atoms with Gasteiger partial charge in [-0.1, -0.05) is 42.5 Å². The summed E-state index contributed by atoms with van der Waals surface area (Å²) in [4.78, 5) is 0. The molecule has 1 nitrogen and oxygen atoms in total. The smallest absolute Gasteiger partial charge is 0.108 e. The van der Waals surface area contributed by atoms with E-state index < -0.39 is 0 Å². The third kappa shape index (κ3) is 2.79. The van der Waals surface area contributed by atoms with E-state index in [2.05, 4.69) is 50.1 Å². The van der Waals surface area contributed by atoms with E-state index in [-0.39, 0.29) is 6.10 Å². The van der Waals surface area contributed by atoms with E-state index in [9.17, 15) is 0 Å². The van der Waals surface area contributed by atoms with Crippen LogP contribution in [0.5, 0.6) is 0 Å². The van der Waals surface area contributed by atoms with Crippen LogP contribution in [0.25, 0.3) is 0 Å². The fourth-order valence-electron chi connectivity index (χ4n) is 1.79. The molecule has 0 bridgehead atoms.